The van der Waals surface area contributed by atoms with Gasteiger partial charge in [0, 0.05) is 26.2 Å². The first-order chi connectivity index (χ1) is 10.7. The maximum Gasteiger partial charge on any atom is 0.191 e. The normalized spacial score (nSPS) is 17.0. The zero-order valence-corrected chi connectivity index (χ0v) is 15.0. The lowest BCUT2D eigenvalue weighted by molar-refractivity contribution is 0.0264. The molecule has 1 fully saturated rings. The minimum absolute atomic E-state index is 0.551. The van der Waals surface area contributed by atoms with Crippen LogP contribution in [-0.4, -0.2) is 38.3 Å². The molecule has 0 amide bonds. The van der Waals surface area contributed by atoms with Gasteiger partial charge in [-0.1, -0.05) is 33.1 Å². The van der Waals surface area contributed by atoms with Crippen LogP contribution < -0.4 is 10.6 Å². The van der Waals surface area contributed by atoms with Gasteiger partial charge < -0.3 is 15.4 Å². The van der Waals surface area contributed by atoms with E-state index in [-0.39, 0.29) is 0 Å². The van der Waals surface area contributed by atoms with Crippen LogP contribution in [0.4, 0.5) is 0 Å². The van der Waals surface area contributed by atoms with E-state index in [9.17, 15) is 0 Å². The number of rotatable bonds is 10. The predicted octanol–water partition coefficient (Wildman–Crippen LogP) is 3.72. The summed E-state index contributed by atoms with van der Waals surface area (Å²) in [6.07, 6.45) is 10.8. The third-order valence-corrected chi connectivity index (χ3v) is 3.98. The minimum atomic E-state index is 0.551. The Bertz CT molecular complexity index is 286. The van der Waals surface area contributed by atoms with E-state index in [2.05, 4.69) is 36.4 Å². The van der Waals surface area contributed by atoms with E-state index in [1.54, 1.807) is 0 Å². The molecule has 1 rings (SSSR count). The smallest absolute Gasteiger partial charge is 0.191 e. The van der Waals surface area contributed by atoms with Crippen molar-refractivity contribution in [1.82, 2.24) is 10.6 Å². The van der Waals surface area contributed by atoms with E-state index in [0.717, 1.165) is 32.2 Å². The van der Waals surface area contributed by atoms with E-state index in [0.29, 0.717) is 12.0 Å². The van der Waals surface area contributed by atoms with Gasteiger partial charge in [-0.25, -0.2) is 0 Å². The third-order valence-electron chi connectivity index (χ3n) is 3.98. The van der Waals surface area contributed by atoms with Crippen LogP contribution in [0.25, 0.3) is 0 Å². The summed E-state index contributed by atoms with van der Waals surface area (Å²) in [6.45, 7) is 10.2. The fraction of sp³-hybridized carbons (Fsp3) is 0.944. The standard InChI is InChI=1S/C18H37N3O/c1-4-19-18(21-15-16(2)3)20-13-9-6-10-14-22-17-11-7-5-8-12-17/h16-17H,4-15H2,1-3H3,(H2,19,20,21). The van der Waals surface area contributed by atoms with Gasteiger partial charge in [0.1, 0.15) is 0 Å². The van der Waals surface area contributed by atoms with E-state index in [1.165, 1.54) is 51.4 Å². The number of hydrogen-bond acceptors (Lipinski definition) is 2. The fourth-order valence-corrected chi connectivity index (χ4v) is 2.71. The maximum absolute atomic E-state index is 5.96. The summed E-state index contributed by atoms with van der Waals surface area (Å²) >= 11 is 0. The molecule has 0 atom stereocenters. The summed E-state index contributed by atoms with van der Waals surface area (Å²) in [4.78, 5) is 4.58. The zero-order valence-electron chi connectivity index (χ0n) is 15.0. The fourth-order valence-electron chi connectivity index (χ4n) is 2.71. The quantitative estimate of drug-likeness (QED) is 0.367. The first-order valence-corrected chi connectivity index (χ1v) is 9.36. The van der Waals surface area contributed by atoms with Gasteiger partial charge >= 0.3 is 0 Å². The molecule has 0 radical (unpaired) electrons. The van der Waals surface area contributed by atoms with Crippen molar-refractivity contribution in [2.45, 2.75) is 78.2 Å². The number of hydrogen-bond donors (Lipinski definition) is 2. The molecule has 1 aliphatic rings. The second-order valence-electron chi connectivity index (χ2n) is 6.73. The minimum Gasteiger partial charge on any atom is -0.378 e. The van der Waals surface area contributed by atoms with Crippen LogP contribution in [0.15, 0.2) is 4.99 Å². The maximum atomic E-state index is 5.96. The molecule has 0 aromatic carbocycles. The van der Waals surface area contributed by atoms with Crippen LogP contribution in [0.2, 0.25) is 0 Å². The number of unbranched alkanes of at least 4 members (excludes halogenated alkanes) is 2. The van der Waals surface area contributed by atoms with Gasteiger partial charge in [-0.15, -0.1) is 0 Å². The van der Waals surface area contributed by atoms with Crippen molar-refractivity contribution in [1.29, 1.82) is 0 Å². The van der Waals surface area contributed by atoms with Crippen LogP contribution in [0.5, 0.6) is 0 Å². The van der Waals surface area contributed by atoms with Gasteiger partial charge in [0.2, 0.25) is 0 Å². The molecule has 0 saturated heterocycles. The molecule has 22 heavy (non-hydrogen) atoms. The number of nitrogens with zero attached hydrogens (tertiary/aromatic N) is 1. The van der Waals surface area contributed by atoms with Gasteiger partial charge in [-0.3, -0.25) is 4.99 Å². The Morgan fingerprint density at radius 2 is 1.86 bits per heavy atom. The second kappa shape index (κ2) is 12.7. The van der Waals surface area contributed by atoms with E-state index in [4.69, 9.17) is 4.74 Å². The summed E-state index contributed by atoms with van der Waals surface area (Å²) in [5.74, 6) is 1.56. The van der Waals surface area contributed by atoms with Crippen molar-refractivity contribution >= 4 is 5.96 Å². The predicted molar refractivity (Wildman–Crippen MR) is 95.5 cm³/mol. The van der Waals surface area contributed by atoms with Crippen LogP contribution in [-0.2, 0) is 4.74 Å². The Morgan fingerprint density at radius 1 is 1.09 bits per heavy atom. The molecule has 1 saturated carbocycles. The molecule has 1 aliphatic carbocycles. The Balaban J connectivity index is 1.99. The highest BCUT2D eigenvalue weighted by atomic mass is 16.5. The Hall–Kier alpha value is -0.770. The molecule has 0 aromatic heterocycles. The largest absolute Gasteiger partial charge is 0.378 e. The number of ether oxygens (including phenoxy) is 1. The Morgan fingerprint density at radius 3 is 2.55 bits per heavy atom. The average molecular weight is 312 g/mol. The lowest BCUT2D eigenvalue weighted by atomic mass is 9.98. The molecule has 0 spiro atoms. The monoisotopic (exact) mass is 311 g/mol. The summed E-state index contributed by atoms with van der Waals surface area (Å²) in [5, 5.41) is 6.71. The summed E-state index contributed by atoms with van der Waals surface area (Å²) < 4.78 is 5.96. The molecule has 4 heteroatoms. The molecule has 0 unspecified atom stereocenters. The van der Waals surface area contributed by atoms with Crippen molar-refractivity contribution in [2.24, 2.45) is 10.9 Å². The van der Waals surface area contributed by atoms with Crippen LogP contribution >= 0.6 is 0 Å². The average Bonchev–Trinajstić information content (AvgIpc) is 2.52. The lowest BCUT2D eigenvalue weighted by Crippen LogP contribution is -2.38. The summed E-state index contributed by atoms with van der Waals surface area (Å²) in [7, 11) is 0. The van der Waals surface area contributed by atoms with Gasteiger partial charge in [0.25, 0.3) is 0 Å². The number of aliphatic imine (C=N–C) groups is 1. The van der Waals surface area contributed by atoms with Gasteiger partial charge in [0.05, 0.1) is 6.10 Å². The number of nitrogens with one attached hydrogen (secondary N) is 2. The Kier molecular flexibility index (Phi) is 11.2. The lowest BCUT2D eigenvalue weighted by Gasteiger charge is -2.21. The second-order valence-corrected chi connectivity index (χ2v) is 6.73. The molecule has 130 valence electrons. The SMILES string of the molecule is CCNC(=NCC(C)C)NCCCCCOC1CCCCC1. The third kappa shape index (κ3) is 10.0. The van der Waals surface area contributed by atoms with Crippen molar-refractivity contribution in [3.63, 3.8) is 0 Å². The van der Waals surface area contributed by atoms with Crippen LogP contribution in [0.3, 0.4) is 0 Å². The first-order valence-electron chi connectivity index (χ1n) is 9.36. The Labute approximate surface area is 137 Å². The molecular formula is C18H37N3O. The first kappa shape index (κ1) is 19.3. The molecular weight excluding hydrogens is 274 g/mol. The molecule has 4 nitrogen and oxygen atoms in total. The van der Waals surface area contributed by atoms with Gasteiger partial charge in [-0.05, 0) is 44.9 Å². The van der Waals surface area contributed by atoms with E-state index in [1.807, 2.05) is 0 Å². The highest BCUT2D eigenvalue weighted by Gasteiger charge is 2.12. The van der Waals surface area contributed by atoms with Gasteiger partial charge in [-0.2, -0.15) is 0 Å². The highest BCUT2D eigenvalue weighted by molar-refractivity contribution is 5.79. The number of guanidine groups is 1. The molecule has 0 aromatic rings. The van der Waals surface area contributed by atoms with Gasteiger partial charge in [0.15, 0.2) is 5.96 Å². The van der Waals surface area contributed by atoms with Crippen molar-refractivity contribution in [2.75, 3.05) is 26.2 Å². The topological polar surface area (TPSA) is 45.7 Å². The summed E-state index contributed by atoms with van der Waals surface area (Å²) in [6, 6.07) is 0. The van der Waals surface area contributed by atoms with E-state index >= 15 is 0 Å². The van der Waals surface area contributed by atoms with E-state index < -0.39 is 0 Å². The van der Waals surface area contributed by atoms with Crippen molar-refractivity contribution < 1.29 is 4.74 Å². The molecule has 2 N–H and O–H groups in total. The van der Waals surface area contributed by atoms with Crippen molar-refractivity contribution in [3.8, 4) is 0 Å². The van der Waals surface area contributed by atoms with Crippen molar-refractivity contribution in [3.05, 3.63) is 0 Å². The van der Waals surface area contributed by atoms with Crippen LogP contribution in [0.1, 0.15) is 72.1 Å². The molecule has 0 aliphatic heterocycles. The zero-order chi connectivity index (χ0) is 16.0. The molecule has 0 heterocycles. The highest BCUT2D eigenvalue weighted by Crippen LogP contribution is 2.20. The van der Waals surface area contributed by atoms with Crippen LogP contribution in [0, 0.1) is 5.92 Å². The molecule has 0 bridgehead atoms. The summed E-state index contributed by atoms with van der Waals surface area (Å²) in [5.41, 5.74) is 0.